The van der Waals surface area contributed by atoms with E-state index in [1.165, 1.54) is 25.7 Å². The van der Waals surface area contributed by atoms with Gasteiger partial charge in [-0.05, 0) is 65.8 Å². The summed E-state index contributed by atoms with van der Waals surface area (Å²) in [4.78, 5) is 0. The fourth-order valence-corrected chi connectivity index (χ4v) is 2.11. The molecule has 1 fully saturated rings. The lowest BCUT2D eigenvalue weighted by Crippen LogP contribution is -2.40. The summed E-state index contributed by atoms with van der Waals surface area (Å²) in [6.45, 7) is 10.0. The minimum atomic E-state index is 0.179. The first-order valence-corrected chi connectivity index (χ1v) is 6.07. The topological polar surface area (TPSA) is 12.0 Å². The van der Waals surface area contributed by atoms with Crippen LogP contribution < -0.4 is 5.32 Å². The molecule has 0 radical (unpaired) electrons. The zero-order chi connectivity index (χ0) is 11.5. The quantitative estimate of drug-likeness (QED) is 0.686. The van der Waals surface area contributed by atoms with E-state index in [4.69, 9.17) is 6.42 Å². The third-order valence-corrected chi connectivity index (χ3v) is 3.48. The molecule has 1 saturated carbocycles. The Morgan fingerprint density at radius 3 is 2.27 bits per heavy atom. The van der Waals surface area contributed by atoms with E-state index in [-0.39, 0.29) is 11.0 Å². The minimum absolute atomic E-state index is 0.179. The Bertz CT molecular complexity index is 233. The average molecular weight is 207 g/mol. The van der Waals surface area contributed by atoms with Crippen molar-refractivity contribution in [1.82, 2.24) is 5.32 Å². The molecular formula is C14H25N. The Balaban J connectivity index is 2.30. The van der Waals surface area contributed by atoms with E-state index in [1.807, 2.05) is 0 Å². The van der Waals surface area contributed by atoms with Gasteiger partial charge in [0, 0.05) is 11.0 Å². The molecule has 0 aliphatic heterocycles. The molecule has 1 aliphatic carbocycles. The average Bonchev–Trinajstić information content (AvgIpc) is 2.16. The van der Waals surface area contributed by atoms with Crippen LogP contribution in [0, 0.1) is 23.7 Å². The lowest BCUT2D eigenvalue weighted by molar-refractivity contribution is 0.217. The predicted molar refractivity (Wildman–Crippen MR) is 66.7 cm³/mol. The molecule has 0 unspecified atom stereocenters. The molecule has 0 heterocycles. The summed E-state index contributed by atoms with van der Waals surface area (Å²) in [6.07, 6.45) is 10.5. The zero-order valence-electron chi connectivity index (χ0n) is 10.7. The van der Waals surface area contributed by atoms with E-state index in [9.17, 15) is 0 Å². The van der Waals surface area contributed by atoms with Crippen molar-refractivity contribution in [2.24, 2.45) is 11.3 Å². The molecule has 1 nitrogen and oxygen atoms in total. The van der Waals surface area contributed by atoms with Crippen molar-refractivity contribution >= 4 is 0 Å². The van der Waals surface area contributed by atoms with Crippen molar-refractivity contribution in [1.29, 1.82) is 0 Å². The van der Waals surface area contributed by atoms with E-state index in [0.29, 0.717) is 0 Å². The molecule has 0 spiro atoms. The largest absolute Gasteiger partial charge is 0.312 e. The summed E-state index contributed by atoms with van der Waals surface area (Å²) < 4.78 is 0. The maximum atomic E-state index is 5.56. The molecule has 0 atom stereocenters. The second-order valence-electron chi connectivity index (χ2n) is 6.28. The highest BCUT2D eigenvalue weighted by Gasteiger charge is 2.29. The Morgan fingerprint density at radius 2 is 1.87 bits per heavy atom. The monoisotopic (exact) mass is 207 g/mol. The van der Waals surface area contributed by atoms with Crippen LogP contribution in [0.1, 0.15) is 53.4 Å². The van der Waals surface area contributed by atoms with Gasteiger partial charge in [0.05, 0.1) is 0 Å². The van der Waals surface area contributed by atoms with Crippen LogP contribution in [0.25, 0.3) is 0 Å². The molecule has 1 N–H and O–H groups in total. The summed E-state index contributed by atoms with van der Waals surface area (Å²) in [5, 5.41) is 3.59. The molecule has 0 bridgehead atoms. The van der Waals surface area contributed by atoms with Crippen LogP contribution in [0.4, 0.5) is 0 Å². The molecule has 0 saturated heterocycles. The van der Waals surface area contributed by atoms with Crippen LogP contribution in [0.3, 0.4) is 0 Å². The lowest BCUT2D eigenvalue weighted by atomic mass is 9.72. The van der Waals surface area contributed by atoms with Gasteiger partial charge in [0.1, 0.15) is 0 Å². The van der Waals surface area contributed by atoms with E-state index >= 15 is 0 Å². The Hall–Kier alpha value is -0.480. The summed E-state index contributed by atoms with van der Waals surface area (Å²) in [6, 6.07) is 0. The summed E-state index contributed by atoms with van der Waals surface area (Å²) in [7, 11) is 0. The third-order valence-electron chi connectivity index (χ3n) is 3.48. The highest BCUT2D eigenvalue weighted by molar-refractivity contribution is 5.05. The fourth-order valence-electron chi connectivity index (χ4n) is 2.11. The first-order valence-electron chi connectivity index (χ1n) is 6.07. The van der Waals surface area contributed by atoms with Gasteiger partial charge in [0.2, 0.25) is 0 Å². The molecule has 86 valence electrons. The first kappa shape index (κ1) is 12.6. The number of hydrogen-bond donors (Lipinski definition) is 1. The molecule has 0 aromatic rings. The lowest BCUT2D eigenvalue weighted by Gasteiger charge is -2.35. The van der Waals surface area contributed by atoms with Gasteiger partial charge in [-0.3, -0.25) is 0 Å². The minimum Gasteiger partial charge on any atom is -0.312 e. The molecule has 0 aromatic carbocycles. The van der Waals surface area contributed by atoms with Gasteiger partial charge in [-0.2, -0.15) is 0 Å². The molecule has 0 aromatic heterocycles. The molecule has 0 amide bonds. The van der Waals surface area contributed by atoms with Gasteiger partial charge in [-0.25, -0.2) is 0 Å². The van der Waals surface area contributed by atoms with Crippen molar-refractivity contribution < 1.29 is 0 Å². The summed E-state index contributed by atoms with van der Waals surface area (Å²) in [5.41, 5.74) is 0.422. The molecule has 1 rings (SSSR count). The summed E-state index contributed by atoms with van der Waals surface area (Å²) in [5.74, 6) is 3.78. The van der Waals surface area contributed by atoms with Crippen LogP contribution in [-0.4, -0.2) is 12.1 Å². The van der Waals surface area contributed by atoms with Crippen LogP contribution in [0.5, 0.6) is 0 Å². The van der Waals surface area contributed by atoms with Gasteiger partial charge >= 0.3 is 0 Å². The number of rotatable bonds is 2. The van der Waals surface area contributed by atoms with Crippen molar-refractivity contribution in [3.63, 3.8) is 0 Å². The normalized spacial score (nSPS) is 32.3. The third kappa shape index (κ3) is 4.26. The molecular weight excluding hydrogens is 182 g/mol. The van der Waals surface area contributed by atoms with E-state index < -0.39 is 0 Å². The number of terminal acetylenes is 1. The summed E-state index contributed by atoms with van der Waals surface area (Å²) >= 11 is 0. The van der Waals surface area contributed by atoms with Crippen molar-refractivity contribution in [3.05, 3.63) is 0 Å². The number of hydrogen-bond acceptors (Lipinski definition) is 1. The fraction of sp³-hybridized carbons (Fsp3) is 0.857. The van der Waals surface area contributed by atoms with Crippen molar-refractivity contribution in [3.8, 4) is 12.3 Å². The van der Waals surface area contributed by atoms with Crippen LogP contribution in [0.15, 0.2) is 0 Å². The zero-order valence-corrected chi connectivity index (χ0v) is 10.7. The maximum Gasteiger partial charge on any atom is 0.0284 e. The van der Waals surface area contributed by atoms with Gasteiger partial charge in [0.15, 0.2) is 0 Å². The van der Waals surface area contributed by atoms with Gasteiger partial charge < -0.3 is 5.32 Å². The Morgan fingerprint density at radius 1 is 1.33 bits per heavy atom. The second-order valence-corrected chi connectivity index (χ2v) is 6.28. The number of nitrogens with one attached hydrogen (secondary N) is 1. The Kier molecular flexibility index (Phi) is 3.84. The maximum absolute atomic E-state index is 5.56. The van der Waals surface area contributed by atoms with E-state index in [1.54, 1.807) is 0 Å². The molecule has 15 heavy (non-hydrogen) atoms. The van der Waals surface area contributed by atoms with Gasteiger partial charge in [-0.15, -0.1) is 12.3 Å². The highest BCUT2D eigenvalue weighted by atomic mass is 14.9. The SMILES string of the molecule is C#CC1(C)CCC(CNC(C)(C)C)CC1. The molecule has 1 heteroatoms. The standard InChI is InChI=1S/C14H25N/c1-6-14(5)9-7-12(8-10-14)11-15-13(2,3)4/h1,12,15H,7-11H2,2-5H3. The van der Waals surface area contributed by atoms with E-state index in [0.717, 1.165) is 12.5 Å². The van der Waals surface area contributed by atoms with Crippen LogP contribution >= 0.6 is 0 Å². The van der Waals surface area contributed by atoms with Crippen LogP contribution in [0.2, 0.25) is 0 Å². The highest BCUT2D eigenvalue weighted by Crippen LogP contribution is 2.37. The first-order chi connectivity index (χ1) is 6.85. The van der Waals surface area contributed by atoms with E-state index in [2.05, 4.69) is 38.9 Å². The molecule has 1 aliphatic rings. The second kappa shape index (κ2) is 4.58. The van der Waals surface area contributed by atoms with Gasteiger partial charge in [-0.1, -0.05) is 0 Å². The Labute approximate surface area is 95.0 Å². The van der Waals surface area contributed by atoms with Crippen molar-refractivity contribution in [2.75, 3.05) is 6.54 Å². The predicted octanol–water partition coefficient (Wildman–Crippen LogP) is 3.20. The smallest absolute Gasteiger partial charge is 0.0284 e. The van der Waals surface area contributed by atoms with Crippen LogP contribution in [-0.2, 0) is 0 Å². The van der Waals surface area contributed by atoms with Crippen molar-refractivity contribution in [2.45, 2.75) is 58.9 Å². The van der Waals surface area contributed by atoms with Gasteiger partial charge in [0.25, 0.3) is 0 Å².